The van der Waals surface area contributed by atoms with Crippen LogP contribution >= 0.6 is 0 Å². The van der Waals surface area contributed by atoms with E-state index in [-0.39, 0.29) is 10.6 Å². The van der Waals surface area contributed by atoms with Crippen molar-refractivity contribution in [2.75, 3.05) is 11.9 Å². The van der Waals surface area contributed by atoms with Gasteiger partial charge in [0.2, 0.25) is 0 Å². The zero-order chi connectivity index (χ0) is 12.5. The summed E-state index contributed by atoms with van der Waals surface area (Å²) >= 11 is 0. The van der Waals surface area contributed by atoms with Crippen LogP contribution in [0, 0.1) is 22.5 Å². The van der Waals surface area contributed by atoms with Gasteiger partial charge in [0, 0.05) is 12.6 Å². The molecule has 0 unspecified atom stereocenters. The number of nitro benzene ring substituents is 1. The summed E-state index contributed by atoms with van der Waals surface area (Å²) in [6.45, 7) is 4.89. The molecule has 0 spiro atoms. The van der Waals surface area contributed by atoms with Crippen LogP contribution in [0.15, 0.2) is 18.2 Å². The molecule has 1 saturated carbocycles. The third-order valence-electron chi connectivity index (χ3n) is 3.71. The first-order valence-corrected chi connectivity index (χ1v) is 6.05. The Kier molecular flexibility index (Phi) is 3.05. The highest BCUT2D eigenvalue weighted by Gasteiger charge is 2.40. The fourth-order valence-electron chi connectivity index (χ4n) is 2.06. The van der Waals surface area contributed by atoms with Gasteiger partial charge in [-0.1, -0.05) is 13.0 Å². The van der Waals surface area contributed by atoms with Gasteiger partial charge in [-0.15, -0.1) is 0 Å². The van der Waals surface area contributed by atoms with E-state index in [1.54, 1.807) is 12.1 Å². The van der Waals surface area contributed by atoms with Gasteiger partial charge in [0.15, 0.2) is 0 Å². The van der Waals surface area contributed by atoms with Gasteiger partial charge < -0.3 is 5.32 Å². The first kappa shape index (κ1) is 11.9. The molecule has 1 aromatic carbocycles. The number of nitrogens with zero attached hydrogens (tertiary/aromatic N) is 1. The molecule has 2 rings (SSSR count). The normalized spacial score (nSPS) is 16.6. The van der Waals surface area contributed by atoms with Crippen molar-refractivity contribution in [1.29, 1.82) is 0 Å². The summed E-state index contributed by atoms with van der Waals surface area (Å²) < 4.78 is 0. The van der Waals surface area contributed by atoms with Crippen LogP contribution in [0.25, 0.3) is 0 Å². The van der Waals surface area contributed by atoms with Gasteiger partial charge in [-0.2, -0.15) is 0 Å². The smallest absolute Gasteiger partial charge is 0.292 e. The summed E-state index contributed by atoms with van der Waals surface area (Å²) in [7, 11) is 0. The molecule has 0 heterocycles. The van der Waals surface area contributed by atoms with E-state index in [9.17, 15) is 10.1 Å². The van der Waals surface area contributed by atoms with Crippen molar-refractivity contribution < 1.29 is 4.92 Å². The lowest BCUT2D eigenvalue weighted by Gasteiger charge is -2.14. The summed E-state index contributed by atoms with van der Waals surface area (Å²) in [6, 6.07) is 5.33. The molecule has 0 amide bonds. The molecule has 92 valence electrons. The SMILES string of the molecule is CCC1(CNc2ccc(C)cc2[N+](=O)[O-])CC1. The van der Waals surface area contributed by atoms with Crippen molar-refractivity contribution in [1.82, 2.24) is 0 Å². The van der Waals surface area contributed by atoms with Gasteiger partial charge >= 0.3 is 0 Å². The second-order valence-electron chi connectivity index (χ2n) is 4.98. The largest absolute Gasteiger partial charge is 0.379 e. The quantitative estimate of drug-likeness (QED) is 0.626. The van der Waals surface area contributed by atoms with Crippen LogP contribution in [0.2, 0.25) is 0 Å². The van der Waals surface area contributed by atoms with E-state index in [4.69, 9.17) is 0 Å². The Morgan fingerprint density at radius 2 is 2.18 bits per heavy atom. The Hall–Kier alpha value is -1.58. The molecule has 4 heteroatoms. The van der Waals surface area contributed by atoms with Gasteiger partial charge in [-0.3, -0.25) is 10.1 Å². The Bertz CT molecular complexity index is 439. The van der Waals surface area contributed by atoms with Crippen molar-refractivity contribution in [3.8, 4) is 0 Å². The minimum Gasteiger partial charge on any atom is -0.379 e. The standard InChI is InChI=1S/C13H18N2O2/c1-3-13(6-7-13)9-14-11-5-4-10(2)8-12(11)15(16)17/h4-5,8,14H,3,6-7,9H2,1-2H3. The molecule has 0 radical (unpaired) electrons. The summed E-state index contributed by atoms with van der Waals surface area (Å²) in [4.78, 5) is 10.6. The van der Waals surface area contributed by atoms with Crippen molar-refractivity contribution in [2.24, 2.45) is 5.41 Å². The minimum atomic E-state index is -0.319. The Balaban J connectivity index is 2.12. The van der Waals surface area contributed by atoms with Crippen LogP contribution in [0.1, 0.15) is 31.7 Å². The summed E-state index contributed by atoms with van der Waals surface area (Å²) in [5, 5.41) is 14.2. The summed E-state index contributed by atoms with van der Waals surface area (Å²) in [5.74, 6) is 0. The van der Waals surface area contributed by atoms with Crippen LogP contribution in [-0.2, 0) is 0 Å². The molecule has 0 aliphatic heterocycles. The average Bonchev–Trinajstić information content (AvgIpc) is 3.08. The molecule has 17 heavy (non-hydrogen) atoms. The van der Waals surface area contributed by atoms with E-state index in [2.05, 4.69) is 12.2 Å². The van der Waals surface area contributed by atoms with Crippen molar-refractivity contribution in [2.45, 2.75) is 33.1 Å². The zero-order valence-corrected chi connectivity index (χ0v) is 10.3. The minimum absolute atomic E-state index is 0.178. The topological polar surface area (TPSA) is 55.2 Å². The molecule has 1 aromatic rings. The van der Waals surface area contributed by atoms with Crippen molar-refractivity contribution in [3.63, 3.8) is 0 Å². The maximum Gasteiger partial charge on any atom is 0.292 e. The highest BCUT2D eigenvalue weighted by atomic mass is 16.6. The van der Waals surface area contributed by atoms with Crippen LogP contribution < -0.4 is 5.32 Å². The second-order valence-corrected chi connectivity index (χ2v) is 4.98. The van der Waals surface area contributed by atoms with E-state index >= 15 is 0 Å². The van der Waals surface area contributed by atoms with E-state index < -0.39 is 0 Å². The van der Waals surface area contributed by atoms with Crippen LogP contribution in [0.5, 0.6) is 0 Å². The Labute approximate surface area is 101 Å². The molecule has 0 saturated heterocycles. The average molecular weight is 234 g/mol. The fourth-order valence-corrected chi connectivity index (χ4v) is 2.06. The zero-order valence-electron chi connectivity index (χ0n) is 10.3. The fraction of sp³-hybridized carbons (Fsp3) is 0.538. The van der Waals surface area contributed by atoms with Gasteiger partial charge in [0.05, 0.1) is 4.92 Å². The summed E-state index contributed by atoms with van der Waals surface area (Å²) in [6.07, 6.45) is 3.60. The number of hydrogen-bond acceptors (Lipinski definition) is 3. The lowest BCUT2D eigenvalue weighted by atomic mass is 10.0. The maximum atomic E-state index is 10.9. The molecule has 1 fully saturated rings. The van der Waals surface area contributed by atoms with Crippen molar-refractivity contribution >= 4 is 11.4 Å². The molecule has 1 N–H and O–H groups in total. The van der Waals surface area contributed by atoms with Gasteiger partial charge in [0.1, 0.15) is 5.69 Å². The predicted octanol–water partition coefficient (Wildman–Crippen LogP) is 3.51. The molecule has 0 bridgehead atoms. The highest BCUT2D eigenvalue weighted by Crippen LogP contribution is 2.48. The molecule has 1 aliphatic carbocycles. The molecular weight excluding hydrogens is 216 g/mol. The van der Waals surface area contributed by atoms with Crippen LogP contribution in [0.3, 0.4) is 0 Å². The van der Waals surface area contributed by atoms with Crippen molar-refractivity contribution in [3.05, 3.63) is 33.9 Å². The predicted molar refractivity (Wildman–Crippen MR) is 68.3 cm³/mol. The Morgan fingerprint density at radius 1 is 1.47 bits per heavy atom. The number of rotatable bonds is 5. The Morgan fingerprint density at radius 3 is 2.71 bits per heavy atom. The van der Waals surface area contributed by atoms with E-state index in [1.807, 2.05) is 13.0 Å². The number of hydrogen-bond donors (Lipinski definition) is 1. The van der Waals surface area contributed by atoms with Crippen LogP contribution in [0.4, 0.5) is 11.4 Å². The number of anilines is 1. The first-order chi connectivity index (χ1) is 8.06. The lowest BCUT2D eigenvalue weighted by Crippen LogP contribution is -2.15. The van der Waals surface area contributed by atoms with Gasteiger partial charge in [0.25, 0.3) is 5.69 Å². The third kappa shape index (κ3) is 2.57. The van der Waals surface area contributed by atoms with Gasteiger partial charge in [-0.05, 0) is 43.2 Å². The second kappa shape index (κ2) is 4.35. The number of nitro groups is 1. The molecule has 1 aliphatic rings. The lowest BCUT2D eigenvalue weighted by molar-refractivity contribution is -0.384. The van der Waals surface area contributed by atoms with Gasteiger partial charge in [-0.25, -0.2) is 0 Å². The maximum absolute atomic E-state index is 10.9. The summed E-state index contributed by atoms with van der Waals surface area (Å²) in [5.41, 5.74) is 2.12. The van der Waals surface area contributed by atoms with E-state index in [1.165, 1.54) is 12.8 Å². The number of nitrogens with one attached hydrogen (secondary N) is 1. The highest BCUT2D eigenvalue weighted by molar-refractivity contribution is 5.62. The molecule has 4 nitrogen and oxygen atoms in total. The monoisotopic (exact) mass is 234 g/mol. The molecular formula is C13H18N2O2. The number of benzene rings is 1. The third-order valence-corrected chi connectivity index (χ3v) is 3.71. The van der Waals surface area contributed by atoms with E-state index in [0.29, 0.717) is 11.1 Å². The number of aryl methyl sites for hydroxylation is 1. The first-order valence-electron chi connectivity index (χ1n) is 6.05. The molecule has 0 aromatic heterocycles. The van der Waals surface area contributed by atoms with Crippen LogP contribution in [-0.4, -0.2) is 11.5 Å². The molecule has 0 atom stereocenters. The van der Waals surface area contributed by atoms with E-state index in [0.717, 1.165) is 18.5 Å².